The maximum Gasteiger partial charge on any atom is 0.0934 e. The van der Waals surface area contributed by atoms with Gasteiger partial charge in [0.1, 0.15) is 0 Å². The maximum absolute atomic E-state index is 5.74. The molecule has 0 aliphatic rings. The van der Waals surface area contributed by atoms with Crippen LogP contribution in [0.1, 0.15) is 11.8 Å². The van der Waals surface area contributed by atoms with Gasteiger partial charge in [-0.15, -0.1) is 11.3 Å². The summed E-state index contributed by atoms with van der Waals surface area (Å²) in [5.74, 6) is 0. The van der Waals surface area contributed by atoms with Gasteiger partial charge in [0.2, 0.25) is 0 Å². The first kappa shape index (κ1) is 8.57. The summed E-state index contributed by atoms with van der Waals surface area (Å²) in [5, 5.41) is 0. The quantitative estimate of drug-likeness (QED) is 0.610. The molecule has 0 N–H and O–H groups in total. The van der Waals surface area contributed by atoms with E-state index < -0.39 is 0 Å². The van der Waals surface area contributed by atoms with E-state index in [0.29, 0.717) is 0 Å². The van der Waals surface area contributed by atoms with Crippen molar-refractivity contribution in [1.29, 1.82) is 0 Å². The largest absolute Gasteiger partial charge is 0.124 e. The SMILES string of the molecule is C=C(C)/C=C/c1ccc(Cl)s1. The first-order valence-electron chi connectivity index (χ1n) is 3.27. The van der Waals surface area contributed by atoms with E-state index in [9.17, 15) is 0 Å². The van der Waals surface area contributed by atoms with E-state index in [-0.39, 0.29) is 0 Å². The van der Waals surface area contributed by atoms with Gasteiger partial charge in [0.25, 0.3) is 0 Å². The van der Waals surface area contributed by atoms with Crippen molar-refractivity contribution >= 4 is 29.0 Å². The van der Waals surface area contributed by atoms with Crippen molar-refractivity contribution in [3.8, 4) is 0 Å². The topological polar surface area (TPSA) is 0 Å². The second-order valence-electron chi connectivity index (χ2n) is 2.32. The van der Waals surface area contributed by atoms with Crippen molar-refractivity contribution < 1.29 is 0 Å². The molecule has 1 aromatic rings. The van der Waals surface area contributed by atoms with Crippen molar-refractivity contribution in [2.75, 3.05) is 0 Å². The molecule has 58 valence electrons. The van der Waals surface area contributed by atoms with Crippen molar-refractivity contribution in [2.45, 2.75) is 6.92 Å². The van der Waals surface area contributed by atoms with Crippen LogP contribution in [0.2, 0.25) is 4.34 Å². The van der Waals surface area contributed by atoms with E-state index in [1.54, 1.807) is 11.3 Å². The van der Waals surface area contributed by atoms with Crippen LogP contribution in [0.15, 0.2) is 30.4 Å². The van der Waals surface area contributed by atoms with Crippen molar-refractivity contribution in [3.63, 3.8) is 0 Å². The first-order valence-corrected chi connectivity index (χ1v) is 4.47. The molecule has 11 heavy (non-hydrogen) atoms. The van der Waals surface area contributed by atoms with Crippen LogP contribution in [0, 0.1) is 0 Å². The Morgan fingerprint density at radius 3 is 2.82 bits per heavy atom. The molecule has 0 saturated heterocycles. The Hall–Kier alpha value is -0.530. The third-order valence-electron chi connectivity index (χ3n) is 1.13. The predicted molar refractivity (Wildman–Crippen MR) is 53.2 cm³/mol. The minimum absolute atomic E-state index is 0.825. The Bertz CT molecular complexity index is 284. The molecule has 0 amide bonds. The monoisotopic (exact) mass is 184 g/mol. The maximum atomic E-state index is 5.74. The number of allylic oxidation sites excluding steroid dienone is 2. The van der Waals surface area contributed by atoms with E-state index in [0.717, 1.165) is 14.8 Å². The smallest absolute Gasteiger partial charge is 0.0934 e. The highest BCUT2D eigenvalue weighted by Crippen LogP contribution is 2.22. The average Bonchev–Trinajstić information content (AvgIpc) is 2.31. The molecule has 0 aliphatic heterocycles. The van der Waals surface area contributed by atoms with Crippen LogP contribution in [-0.4, -0.2) is 0 Å². The average molecular weight is 185 g/mol. The van der Waals surface area contributed by atoms with Crippen molar-refractivity contribution in [1.82, 2.24) is 0 Å². The molecule has 1 rings (SSSR count). The van der Waals surface area contributed by atoms with Crippen LogP contribution in [0.3, 0.4) is 0 Å². The van der Waals surface area contributed by atoms with E-state index in [2.05, 4.69) is 6.58 Å². The lowest BCUT2D eigenvalue weighted by molar-refractivity contribution is 1.58. The molecule has 2 heteroatoms. The van der Waals surface area contributed by atoms with Crippen LogP contribution in [0.25, 0.3) is 6.08 Å². The zero-order chi connectivity index (χ0) is 8.27. The molecule has 1 heterocycles. The van der Waals surface area contributed by atoms with E-state index in [4.69, 9.17) is 11.6 Å². The zero-order valence-electron chi connectivity index (χ0n) is 6.30. The summed E-state index contributed by atoms with van der Waals surface area (Å²) >= 11 is 7.31. The summed E-state index contributed by atoms with van der Waals surface area (Å²) in [7, 11) is 0. The Balaban J connectivity index is 2.71. The molecule has 1 aromatic heterocycles. The molecule has 0 radical (unpaired) electrons. The van der Waals surface area contributed by atoms with Gasteiger partial charge in [-0.05, 0) is 25.1 Å². The van der Waals surface area contributed by atoms with Crippen LogP contribution in [0.5, 0.6) is 0 Å². The van der Waals surface area contributed by atoms with Gasteiger partial charge in [0.15, 0.2) is 0 Å². The molecule has 0 unspecified atom stereocenters. The molecule has 0 spiro atoms. The summed E-state index contributed by atoms with van der Waals surface area (Å²) in [6.07, 6.45) is 3.99. The zero-order valence-corrected chi connectivity index (χ0v) is 7.88. The van der Waals surface area contributed by atoms with Gasteiger partial charge in [0, 0.05) is 4.88 Å². The molecular weight excluding hydrogens is 176 g/mol. The molecule has 0 nitrogen and oxygen atoms in total. The minimum atomic E-state index is 0.825. The second kappa shape index (κ2) is 3.74. The van der Waals surface area contributed by atoms with Crippen molar-refractivity contribution in [3.05, 3.63) is 39.6 Å². The van der Waals surface area contributed by atoms with Crippen molar-refractivity contribution in [2.24, 2.45) is 0 Å². The second-order valence-corrected chi connectivity index (χ2v) is 4.07. The Morgan fingerprint density at radius 2 is 2.36 bits per heavy atom. The normalized spacial score (nSPS) is 10.7. The van der Waals surface area contributed by atoms with Crippen LogP contribution in [-0.2, 0) is 0 Å². The number of halogens is 1. The van der Waals surface area contributed by atoms with Gasteiger partial charge >= 0.3 is 0 Å². The summed E-state index contributed by atoms with van der Waals surface area (Å²) < 4.78 is 0.825. The fourth-order valence-electron chi connectivity index (χ4n) is 0.642. The highest BCUT2D eigenvalue weighted by atomic mass is 35.5. The fourth-order valence-corrected chi connectivity index (χ4v) is 1.61. The third-order valence-corrected chi connectivity index (χ3v) is 2.32. The lowest BCUT2D eigenvalue weighted by atomic mass is 10.3. The number of hydrogen-bond acceptors (Lipinski definition) is 1. The number of thiophene rings is 1. The van der Waals surface area contributed by atoms with Crippen LogP contribution >= 0.6 is 22.9 Å². The molecule has 0 aliphatic carbocycles. The third kappa shape index (κ3) is 2.91. The number of rotatable bonds is 2. The summed E-state index contributed by atoms with van der Waals surface area (Å²) in [6.45, 7) is 5.73. The standard InChI is InChI=1S/C9H9ClS/c1-7(2)3-4-8-5-6-9(10)11-8/h3-6H,1H2,2H3/b4-3+. The van der Waals surface area contributed by atoms with E-state index in [1.807, 2.05) is 31.2 Å². The molecule has 0 aromatic carbocycles. The predicted octanol–water partition coefficient (Wildman–Crippen LogP) is 3.99. The molecular formula is C9H9ClS. The first-order chi connectivity index (χ1) is 5.18. The summed E-state index contributed by atoms with van der Waals surface area (Å²) in [5.41, 5.74) is 1.05. The minimum Gasteiger partial charge on any atom is -0.124 e. The fraction of sp³-hybridized carbons (Fsp3) is 0.111. The van der Waals surface area contributed by atoms with Gasteiger partial charge in [-0.1, -0.05) is 29.8 Å². The Labute approximate surface area is 75.8 Å². The molecule has 0 saturated carbocycles. The van der Waals surface area contributed by atoms with Gasteiger partial charge in [0.05, 0.1) is 4.34 Å². The van der Waals surface area contributed by atoms with Crippen LogP contribution in [0.4, 0.5) is 0 Å². The molecule has 0 fully saturated rings. The molecule has 0 atom stereocenters. The van der Waals surface area contributed by atoms with Gasteiger partial charge in [-0.2, -0.15) is 0 Å². The van der Waals surface area contributed by atoms with E-state index >= 15 is 0 Å². The van der Waals surface area contributed by atoms with Crippen LogP contribution < -0.4 is 0 Å². The lowest BCUT2D eigenvalue weighted by Crippen LogP contribution is -1.60. The number of hydrogen-bond donors (Lipinski definition) is 0. The summed E-state index contributed by atoms with van der Waals surface area (Å²) in [6, 6.07) is 3.89. The van der Waals surface area contributed by atoms with Gasteiger partial charge in [-0.25, -0.2) is 0 Å². The summed E-state index contributed by atoms with van der Waals surface area (Å²) in [4.78, 5) is 1.16. The lowest BCUT2D eigenvalue weighted by Gasteiger charge is -1.83. The highest BCUT2D eigenvalue weighted by Gasteiger charge is 1.91. The highest BCUT2D eigenvalue weighted by molar-refractivity contribution is 7.16. The van der Waals surface area contributed by atoms with Gasteiger partial charge < -0.3 is 0 Å². The van der Waals surface area contributed by atoms with Gasteiger partial charge in [-0.3, -0.25) is 0 Å². The molecule has 0 bridgehead atoms. The van der Waals surface area contributed by atoms with E-state index in [1.165, 1.54) is 0 Å². The Morgan fingerprint density at radius 1 is 1.64 bits per heavy atom. The Kier molecular flexibility index (Phi) is 2.92.